The highest BCUT2D eigenvalue weighted by Gasteiger charge is 2.51. The number of carboxylic acid groups (broad SMARTS) is 1. The van der Waals surface area contributed by atoms with Crippen LogP contribution in [-0.4, -0.2) is 22.1 Å². The fourth-order valence-corrected chi connectivity index (χ4v) is 3.51. The standard InChI is InChI=1S/C15H14ClNO4/c16-10-6-9(3-4-11(10)18)17-14(19)12-7-1-2-8(5-7)13(12)15(20)21/h1-4,6-8,12-13,18H,5H2,(H,17,19)(H,20,21). The number of benzene rings is 1. The van der Waals surface area contributed by atoms with Gasteiger partial charge in [-0.15, -0.1) is 0 Å². The molecule has 0 spiro atoms. The second-order valence-corrected chi connectivity index (χ2v) is 5.90. The monoisotopic (exact) mass is 307 g/mol. The molecule has 0 aliphatic heterocycles. The summed E-state index contributed by atoms with van der Waals surface area (Å²) in [6.07, 6.45) is 4.54. The Morgan fingerprint density at radius 2 is 1.86 bits per heavy atom. The van der Waals surface area contributed by atoms with Gasteiger partial charge in [-0.05, 0) is 36.5 Å². The minimum atomic E-state index is -0.935. The molecule has 1 saturated carbocycles. The van der Waals surface area contributed by atoms with Gasteiger partial charge in [0.15, 0.2) is 0 Å². The van der Waals surface area contributed by atoms with Crippen LogP contribution in [0.15, 0.2) is 30.4 Å². The molecule has 3 rings (SSSR count). The van der Waals surface area contributed by atoms with Gasteiger partial charge in [0, 0.05) is 5.69 Å². The number of halogens is 1. The lowest BCUT2D eigenvalue weighted by molar-refractivity contribution is -0.146. The van der Waals surface area contributed by atoms with Crippen LogP contribution < -0.4 is 5.32 Å². The van der Waals surface area contributed by atoms with Gasteiger partial charge in [0.2, 0.25) is 5.91 Å². The third-order valence-corrected chi connectivity index (χ3v) is 4.57. The molecular formula is C15H14ClNO4. The number of rotatable bonds is 3. The van der Waals surface area contributed by atoms with Gasteiger partial charge in [0.05, 0.1) is 16.9 Å². The lowest BCUT2D eigenvalue weighted by Crippen LogP contribution is -2.36. The van der Waals surface area contributed by atoms with Gasteiger partial charge in [-0.1, -0.05) is 23.8 Å². The van der Waals surface area contributed by atoms with E-state index in [0.29, 0.717) is 12.1 Å². The van der Waals surface area contributed by atoms with Gasteiger partial charge in [0.1, 0.15) is 5.75 Å². The summed E-state index contributed by atoms with van der Waals surface area (Å²) in [5.74, 6) is -2.65. The van der Waals surface area contributed by atoms with Crippen molar-refractivity contribution < 1.29 is 19.8 Å². The Labute approximate surface area is 126 Å². The molecule has 1 amide bonds. The molecule has 110 valence electrons. The normalized spacial score (nSPS) is 29.6. The Morgan fingerprint density at radius 3 is 2.48 bits per heavy atom. The largest absolute Gasteiger partial charge is 0.506 e. The van der Waals surface area contributed by atoms with E-state index in [1.165, 1.54) is 18.2 Å². The number of phenols is 1. The summed E-state index contributed by atoms with van der Waals surface area (Å²) in [5.41, 5.74) is 0.443. The van der Waals surface area contributed by atoms with E-state index in [4.69, 9.17) is 11.6 Å². The maximum absolute atomic E-state index is 12.4. The number of aliphatic carboxylic acids is 1. The van der Waals surface area contributed by atoms with Crippen LogP contribution in [0.4, 0.5) is 5.69 Å². The van der Waals surface area contributed by atoms with Crippen molar-refractivity contribution in [3.8, 4) is 5.75 Å². The highest BCUT2D eigenvalue weighted by atomic mass is 35.5. The number of fused-ring (bicyclic) bond motifs is 2. The third kappa shape index (κ3) is 2.38. The summed E-state index contributed by atoms with van der Waals surface area (Å²) in [5, 5.41) is 21.5. The second-order valence-electron chi connectivity index (χ2n) is 5.49. The fourth-order valence-electron chi connectivity index (χ4n) is 3.33. The molecular weight excluding hydrogens is 294 g/mol. The molecule has 4 unspecified atom stereocenters. The topological polar surface area (TPSA) is 86.6 Å². The van der Waals surface area contributed by atoms with Crippen molar-refractivity contribution in [2.75, 3.05) is 5.32 Å². The first-order chi connectivity index (χ1) is 9.97. The second kappa shape index (κ2) is 5.07. The maximum atomic E-state index is 12.4. The molecule has 4 atom stereocenters. The number of aromatic hydroxyl groups is 1. The highest BCUT2D eigenvalue weighted by Crippen LogP contribution is 2.48. The van der Waals surface area contributed by atoms with E-state index in [9.17, 15) is 19.8 Å². The minimum Gasteiger partial charge on any atom is -0.506 e. The van der Waals surface area contributed by atoms with Gasteiger partial charge < -0.3 is 15.5 Å². The minimum absolute atomic E-state index is 0.0244. The first kappa shape index (κ1) is 13.9. The predicted molar refractivity (Wildman–Crippen MR) is 77.1 cm³/mol. The van der Waals surface area contributed by atoms with Gasteiger partial charge >= 0.3 is 5.97 Å². The highest BCUT2D eigenvalue weighted by molar-refractivity contribution is 6.32. The molecule has 21 heavy (non-hydrogen) atoms. The molecule has 0 aromatic heterocycles. The van der Waals surface area contributed by atoms with Crippen molar-refractivity contribution in [2.24, 2.45) is 23.7 Å². The van der Waals surface area contributed by atoms with E-state index < -0.39 is 17.8 Å². The van der Waals surface area contributed by atoms with Crippen LogP contribution in [0.5, 0.6) is 5.75 Å². The smallest absolute Gasteiger partial charge is 0.307 e. The molecule has 2 aliphatic rings. The molecule has 0 heterocycles. The van der Waals surface area contributed by atoms with Crippen molar-refractivity contribution in [3.63, 3.8) is 0 Å². The maximum Gasteiger partial charge on any atom is 0.307 e. The molecule has 3 N–H and O–H groups in total. The van der Waals surface area contributed by atoms with E-state index in [1.54, 1.807) is 0 Å². The summed E-state index contributed by atoms with van der Waals surface area (Å²) < 4.78 is 0. The van der Waals surface area contributed by atoms with Crippen LogP contribution in [0.3, 0.4) is 0 Å². The number of nitrogens with one attached hydrogen (secondary N) is 1. The van der Waals surface area contributed by atoms with Gasteiger partial charge in [-0.3, -0.25) is 9.59 Å². The zero-order chi connectivity index (χ0) is 15.1. The number of hydrogen-bond donors (Lipinski definition) is 3. The average molecular weight is 308 g/mol. The van der Waals surface area contributed by atoms with Gasteiger partial charge in [-0.2, -0.15) is 0 Å². The Morgan fingerprint density at radius 1 is 1.19 bits per heavy atom. The first-order valence-electron chi connectivity index (χ1n) is 6.68. The van der Waals surface area contributed by atoms with Crippen molar-refractivity contribution in [1.29, 1.82) is 0 Å². The quantitative estimate of drug-likeness (QED) is 0.591. The number of phenolic OH excluding ortho intramolecular Hbond substituents is 1. The Bertz CT molecular complexity index is 643. The Balaban J connectivity index is 1.80. The zero-order valence-electron chi connectivity index (χ0n) is 11.0. The summed E-state index contributed by atoms with van der Waals surface area (Å²) in [4.78, 5) is 23.8. The van der Waals surface area contributed by atoms with Crippen LogP contribution in [0.25, 0.3) is 0 Å². The SMILES string of the molecule is O=C(O)C1C2C=CC(C2)C1C(=O)Nc1ccc(O)c(Cl)c1. The lowest BCUT2D eigenvalue weighted by atomic mass is 9.82. The average Bonchev–Trinajstić information content (AvgIpc) is 3.03. The molecule has 5 nitrogen and oxygen atoms in total. The van der Waals surface area contributed by atoms with Crippen LogP contribution in [-0.2, 0) is 9.59 Å². The third-order valence-electron chi connectivity index (χ3n) is 4.26. The number of anilines is 1. The van der Waals surface area contributed by atoms with Crippen LogP contribution in [0, 0.1) is 23.7 Å². The predicted octanol–water partition coefficient (Wildman–Crippen LogP) is 2.51. The van der Waals surface area contributed by atoms with E-state index in [1.807, 2.05) is 12.2 Å². The first-order valence-corrected chi connectivity index (χ1v) is 7.05. The molecule has 0 saturated heterocycles. The van der Waals surface area contributed by atoms with Crippen LogP contribution >= 0.6 is 11.6 Å². The summed E-state index contributed by atoms with van der Waals surface area (Å²) in [6.45, 7) is 0. The number of carboxylic acids is 1. The number of allylic oxidation sites excluding steroid dienone is 2. The van der Waals surface area contributed by atoms with E-state index in [-0.39, 0.29) is 28.5 Å². The molecule has 1 fully saturated rings. The van der Waals surface area contributed by atoms with Crippen molar-refractivity contribution >= 4 is 29.2 Å². The summed E-state index contributed by atoms with van der Waals surface area (Å²) in [7, 11) is 0. The summed E-state index contributed by atoms with van der Waals surface area (Å²) >= 11 is 5.79. The van der Waals surface area contributed by atoms with Crippen LogP contribution in [0.2, 0.25) is 5.02 Å². The van der Waals surface area contributed by atoms with Crippen LogP contribution in [0.1, 0.15) is 6.42 Å². The number of amides is 1. The number of hydrogen-bond acceptors (Lipinski definition) is 3. The molecule has 6 heteroatoms. The molecule has 2 aliphatic carbocycles. The summed E-state index contributed by atoms with van der Waals surface area (Å²) in [6, 6.07) is 4.35. The van der Waals surface area contributed by atoms with Gasteiger partial charge in [-0.25, -0.2) is 0 Å². The Kier molecular flexibility index (Phi) is 3.37. The van der Waals surface area contributed by atoms with E-state index in [2.05, 4.69) is 5.32 Å². The number of carbonyl (C=O) groups is 2. The fraction of sp³-hybridized carbons (Fsp3) is 0.333. The lowest BCUT2D eigenvalue weighted by Gasteiger charge is -2.23. The number of carbonyl (C=O) groups excluding carboxylic acids is 1. The molecule has 1 aromatic rings. The zero-order valence-corrected chi connectivity index (χ0v) is 11.7. The van der Waals surface area contributed by atoms with Gasteiger partial charge in [0.25, 0.3) is 0 Å². The van der Waals surface area contributed by atoms with E-state index in [0.717, 1.165) is 0 Å². The molecule has 2 bridgehead atoms. The van der Waals surface area contributed by atoms with Crippen molar-refractivity contribution in [2.45, 2.75) is 6.42 Å². The van der Waals surface area contributed by atoms with E-state index >= 15 is 0 Å². The van der Waals surface area contributed by atoms with Crippen molar-refractivity contribution in [3.05, 3.63) is 35.4 Å². The molecule has 1 aromatic carbocycles. The van der Waals surface area contributed by atoms with Crippen molar-refractivity contribution in [1.82, 2.24) is 0 Å². The molecule has 0 radical (unpaired) electrons. The Hall–Kier alpha value is -2.01.